The Morgan fingerprint density at radius 1 is 1.18 bits per heavy atom. The molecule has 0 amide bonds. The van der Waals surface area contributed by atoms with E-state index in [-0.39, 0.29) is 11.3 Å². The summed E-state index contributed by atoms with van der Waals surface area (Å²) in [6.45, 7) is 5.96. The largest absolute Gasteiger partial charge is 0.425 e. The second-order valence-corrected chi connectivity index (χ2v) is 10.2. The van der Waals surface area contributed by atoms with Crippen LogP contribution < -0.4 is 4.74 Å². The van der Waals surface area contributed by atoms with Gasteiger partial charge in [0.2, 0.25) is 10.0 Å². The van der Waals surface area contributed by atoms with Crippen LogP contribution in [0.4, 0.5) is 0 Å². The zero-order chi connectivity index (χ0) is 23.6. The highest BCUT2D eigenvalue weighted by atomic mass is 35.5. The Kier molecular flexibility index (Phi) is 7.04. The van der Waals surface area contributed by atoms with Crippen molar-refractivity contribution in [3.05, 3.63) is 52.8 Å². The number of ether oxygens (including phenoxy) is 2. The van der Waals surface area contributed by atoms with Gasteiger partial charge in [-0.15, -0.1) is 0 Å². The number of aromatic nitrogens is 2. The molecule has 0 radical (unpaired) electrons. The molecule has 1 aliphatic rings. The number of sulfonamides is 1. The summed E-state index contributed by atoms with van der Waals surface area (Å²) < 4.78 is 40.1. The number of carbonyl (C=O) groups excluding carboxylic acids is 1. The molecule has 2 aromatic carbocycles. The summed E-state index contributed by atoms with van der Waals surface area (Å²) in [5, 5.41) is 0.378. The Balaban J connectivity index is 1.53. The number of esters is 1. The minimum atomic E-state index is -3.61. The molecule has 3 aromatic rings. The number of benzene rings is 2. The van der Waals surface area contributed by atoms with Gasteiger partial charge in [-0.05, 0) is 49.7 Å². The van der Waals surface area contributed by atoms with E-state index in [1.807, 2.05) is 24.5 Å². The lowest BCUT2D eigenvalue weighted by Gasteiger charge is -2.26. The lowest BCUT2D eigenvalue weighted by Crippen LogP contribution is -2.40. The van der Waals surface area contributed by atoms with Gasteiger partial charge in [0.05, 0.1) is 40.6 Å². The molecule has 1 fully saturated rings. The van der Waals surface area contributed by atoms with E-state index < -0.39 is 16.0 Å². The third-order valence-corrected chi connectivity index (χ3v) is 7.79. The Morgan fingerprint density at radius 2 is 1.94 bits per heavy atom. The van der Waals surface area contributed by atoms with E-state index in [2.05, 4.69) is 4.98 Å². The van der Waals surface area contributed by atoms with E-state index in [9.17, 15) is 13.2 Å². The lowest BCUT2D eigenvalue weighted by atomic mass is 10.2. The van der Waals surface area contributed by atoms with Crippen LogP contribution in [0.2, 0.25) is 5.02 Å². The second kappa shape index (κ2) is 9.80. The Morgan fingerprint density at radius 3 is 2.67 bits per heavy atom. The molecule has 0 unspecified atom stereocenters. The molecule has 33 heavy (non-hydrogen) atoms. The van der Waals surface area contributed by atoms with E-state index in [0.717, 1.165) is 11.1 Å². The zero-order valence-corrected chi connectivity index (χ0v) is 20.2. The highest BCUT2D eigenvalue weighted by Gasteiger charge is 2.27. The van der Waals surface area contributed by atoms with Gasteiger partial charge in [0, 0.05) is 26.1 Å². The lowest BCUT2D eigenvalue weighted by molar-refractivity contribution is -0.134. The topological polar surface area (TPSA) is 90.7 Å². The third-order valence-electron chi connectivity index (χ3n) is 5.59. The minimum Gasteiger partial charge on any atom is -0.425 e. The van der Waals surface area contributed by atoms with Crippen molar-refractivity contribution in [3.63, 3.8) is 0 Å². The fourth-order valence-electron chi connectivity index (χ4n) is 3.88. The van der Waals surface area contributed by atoms with Crippen molar-refractivity contribution >= 4 is 38.6 Å². The quantitative estimate of drug-likeness (QED) is 0.370. The van der Waals surface area contributed by atoms with E-state index in [4.69, 9.17) is 21.1 Å². The normalized spacial score (nSPS) is 15.1. The monoisotopic (exact) mass is 491 g/mol. The van der Waals surface area contributed by atoms with Gasteiger partial charge in [0.1, 0.15) is 11.6 Å². The smallest absolute Gasteiger partial charge is 0.311 e. The van der Waals surface area contributed by atoms with Gasteiger partial charge >= 0.3 is 5.97 Å². The van der Waals surface area contributed by atoms with Gasteiger partial charge in [-0.2, -0.15) is 4.31 Å². The first-order chi connectivity index (χ1) is 15.8. The Bertz CT molecular complexity index is 1280. The minimum absolute atomic E-state index is 0.118. The molecule has 0 bridgehead atoms. The number of hydrogen-bond donors (Lipinski definition) is 0. The number of halogens is 1. The number of hydrogen-bond acceptors (Lipinski definition) is 6. The van der Waals surface area contributed by atoms with Crippen LogP contribution in [0.3, 0.4) is 0 Å². The molecule has 0 spiro atoms. The van der Waals surface area contributed by atoms with Crippen LogP contribution in [0.15, 0.2) is 41.3 Å². The SMILES string of the molecule is CCn1c(CCC(=O)Oc2cc(C)ccc2Cl)nc2cc(S(=O)(=O)N3CCOCC3)ccc21. The van der Waals surface area contributed by atoms with Crippen LogP contribution in [-0.2, 0) is 32.5 Å². The van der Waals surface area contributed by atoms with E-state index >= 15 is 0 Å². The van der Waals surface area contributed by atoms with E-state index in [1.165, 1.54) is 4.31 Å². The van der Waals surface area contributed by atoms with Crippen molar-refractivity contribution in [2.45, 2.75) is 38.1 Å². The standard InChI is InChI=1S/C23H26ClN3O5S/c1-3-27-20-7-5-17(33(29,30)26-10-12-31-13-11-26)15-19(20)25-22(27)8-9-23(28)32-21-14-16(2)4-6-18(21)24/h4-7,14-15H,3,8-13H2,1-2H3. The Hall–Kier alpha value is -2.46. The highest BCUT2D eigenvalue weighted by Crippen LogP contribution is 2.27. The number of morpholine rings is 1. The number of aryl methyl sites for hydroxylation is 3. The molecular weight excluding hydrogens is 466 g/mol. The first-order valence-corrected chi connectivity index (χ1v) is 12.7. The number of imidazole rings is 1. The molecule has 2 heterocycles. The van der Waals surface area contributed by atoms with Crippen molar-refractivity contribution in [1.82, 2.24) is 13.9 Å². The molecule has 0 saturated carbocycles. The average molecular weight is 492 g/mol. The maximum Gasteiger partial charge on any atom is 0.311 e. The molecule has 0 atom stereocenters. The second-order valence-electron chi connectivity index (χ2n) is 7.85. The Labute approximate surface area is 198 Å². The van der Waals surface area contributed by atoms with Crippen molar-refractivity contribution in [3.8, 4) is 5.75 Å². The third kappa shape index (κ3) is 5.06. The molecule has 176 valence electrons. The van der Waals surface area contributed by atoms with Gasteiger partial charge in [-0.3, -0.25) is 4.79 Å². The molecule has 1 aromatic heterocycles. The van der Waals surface area contributed by atoms with Crippen LogP contribution >= 0.6 is 11.6 Å². The molecule has 0 N–H and O–H groups in total. The predicted molar refractivity (Wildman–Crippen MR) is 125 cm³/mol. The maximum absolute atomic E-state index is 13.0. The predicted octanol–water partition coefficient (Wildman–Crippen LogP) is 3.58. The van der Waals surface area contributed by atoms with Gasteiger partial charge < -0.3 is 14.0 Å². The molecule has 0 aliphatic carbocycles. The number of rotatable bonds is 7. The van der Waals surface area contributed by atoms with Crippen LogP contribution in [0.5, 0.6) is 5.75 Å². The first-order valence-electron chi connectivity index (χ1n) is 10.8. The fraction of sp³-hybridized carbons (Fsp3) is 0.391. The molecule has 10 heteroatoms. The summed E-state index contributed by atoms with van der Waals surface area (Å²) >= 11 is 6.11. The van der Waals surface area contributed by atoms with Crippen LogP contribution in [0, 0.1) is 6.92 Å². The van der Waals surface area contributed by atoms with Gasteiger partial charge in [-0.1, -0.05) is 17.7 Å². The summed E-state index contributed by atoms with van der Waals surface area (Å²) in [4.78, 5) is 17.3. The summed E-state index contributed by atoms with van der Waals surface area (Å²) in [6.07, 6.45) is 0.475. The summed E-state index contributed by atoms with van der Waals surface area (Å²) in [6, 6.07) is 10.2. The van der Waals surface area contributed by atoms with Crippen LogP contribution in [0.25, 0.3) is 11.0 Å². The fourth-order valence-corrected chi connectivity index (χ4v) is 5.46. The van der Waals surface area contributed by atoms with Crippen molar-refractivity contribution < 1.29 is 22.7 Å². The van der Waals surface area contributed by atoms with E-state index in [0.29, 0.717) is 61.4 Å². The molecule has 8 nitrogen and oxygen atoms in total. The number of nitrogens with zero attached hydrogens (tertiary/aromatic N) is 3. The summed E-state index contributed by atoms with van der Waals surface area (Å²) in [5.41, 5.74) is 2.35. The zero-order valence-electron chi connectivity index (χ0n) is 18.6. The molecular formula is C23H26ClN3O5S. The number of fused-ring (bicyclic) bond motifs is 1. The average Bonchev–Trinajstić information content (AvgIpc) is 3.17. The van der Waals surface area contributed by atoms with Gasteiger partial charge in [0.15, 0.2) is 0 Å². The van der Waals surface area contributed by atoms with Crippen molar-refractivity contribution in [2.24, 2.45) is 0 Å². The summed E-state index contributed by atoms with van der Waals surface area (Å²) in [7, 11) is -3.61. The van der Waals surface area contributed by atoms with Crippen molar-refractivity contribution in [2.75, 3.05) is 26.3 Å². The van der Waals surface area contributed by atoms with Gasteiger partial charge in [-0.25, -0.2) is 13.4 Å². The maximum atomic E-state index is 13.0. The van der Waals surface area contributed by atoms with Crippen LogP contribution in [-0.4, -0.2) is 54.5 Å². The summed E-state index contributed by atoms with van der Waals surface area (Å²) in [5.74, 6) is 0.622. The van der Waals surface area contributed by atoms with E-state index in [1.54, 1.807) is 30.3 Å². The van der Waals surface area contributed by atoms with Crippen LogP contribution in [0.1, 0.15) is 24.7 Å². The number of carbonyl (C=O) groups is 1. The highest BCUT2D eigenvalue weighted by molar-refractivity contribution is 7.89. The first kappa shape index (κ1) is 23.7. The van der Waals surface area contributed by atoms with Gasteiger partial charge in [0.25, 0.3) is 0 Å². The molecule has 4 rings (SSSR count). The van der Waals surface area contributed by atoms with Crippen molar-refractivity contribution in [1.29, 1.82) is 0 Å². The molecule has 1 saturated heterocycles. The molecule has 1 aliphatic heterocycles.